The molecule has 0 bridgehead atoms. The van der Waals surface area contributed by atoms with Gasteiger partial charge in [-0.05, 0) is 18.9 Å². The zero-order valence-corrected chi connectivity index (χ0v) is 10.9. The molecule has 3 nitrogen and oxygen atoms in total. The van der Waals surface area contributed by atoms with E-state index in [1.807, 2.05) is 4.90 Å². The van der Waals surface area contributed by atoms with Crippen molar-refractivity contribution in [2.24, 2.45) is 0 Å². The van der Waals surface area contributed by atoms with Gasteiger partial charge in [0, 0.05) is 20.2 Å². The second-order valence-electron chi connectivity index (χ2n) is 4.23. The van der Waals surface area contributed by atoms with Crippen molar-refractivity contribution in [1.29, 1.82) is 0 Å². The summed E-state index contributed by atoms with van der Waals surface area (Å²) in [7, 11) is 1.55. The lowest BCUT2D eigenvalue weighted by atomic mass is 10.1. The fourth-order valence-electron chi connectivity index (χ4n) is 1.69. The molecule has 17 heavy (non-hydrogen) atoms. The lowest BCUT2D eigenvalue weighted by Gasteiger charge is -2.22. The van der Waals surface area contributed by atoms with Gasteiger partial charge in [-0.25, -0.2) is 0 Å². The van der Waals surface area contributed by atoms with Crippen LogP contribution in [0.4, 0.5) is 0 Å². The van der Waals surface area contributed by atoms with Crippen LogP contribution in [0.3, 0.4) is 0 Å². The first-order valence-corrected chi connectivity index (χ1v) is 5.99. The molecule has 0 radical (unpaired) electrons. The minimum atomic E-state index is 0.0509. The highest BCUT2D eigenvalue weighted by Crippen LogP contribution is 2.08. The summed E-state index contributed by atoms with van der Waals surface area (Å²) >= 11 is 0. The van der Waals surface area contributed by atoms with Crippen LogP contribution in [0, 0.1) is 6.92 Å². The van der Waals surface area contributed by atoms with E-state index in [0.29, 0.717) is 6.54 Å². The molecule has 0 N–H and O–H groups in total. The summed E-state index contributed by atoms with van der Waals surface area (Å²) in [6.45, 7) is 5.73. The van der Waals surface area contributed by atoms with Gasteiger partial charge in [0.25, 0.3) is 0 Å². The fourth-order valence-corrected chi connectivity index (χ4v) is 1.69. The highest BCUT2D eigenvalue weighted by Gasteiger charge is 2.12. The van der Waals surface area contributed by atoms with Gasteiger partial charge in [0.05, 0.1) is 0 Å². The van der Waals surface area contributed by atoms with Crippen molar-refractivity contribution in [3.05, 3.63) is 35.4 Å². The van der Waals surface area contributed by atoms with Crippen molar-refractivity contribution in [3.63, 3.8) is 0 Å². The standard InChI is InChI=1S/C14H21NO2/c1-4-9-15(14(16)11-17-3)10-13-7-5-12(2)6-8-13/h5-8H,4,9-11H2,1-3H3. The number of aryl methyl sites for hydroxylation is 1. The Labute approximate surface area is 103 Å². The number of nitrogens with zero attached hydrogens (tertiary/aromatic N) is 1. The summed E-state index contributed by atoms with van der Waals surface area (Å²) in [4.78, 5) is 13.6. The van der Waals surface area contributed by atoms with Crippen LogP contribution >= 0.6 is 0 Å². The van der Waals surface area contributed by atoms with Crippen molar-refractivity contribution < 1.29 is 9.53 Å². The zero-order chi connectivity index (χ0) is 12.7. The number of ether oxygens (including phenoxy) is 1. The summed E-state index contributed by atoms with van der Waals surface area (Å²) in [6.07, 6.45) is 0.960. The molecule has 0 unspecified atom stereocenters. The van der Waals surface area contributed by atoms with E-state index < -0.39 is 0 Å². The Hall–Kier alpha value is -1.35. The van der Waals surface area contributed by atoms with Gasteiger partial charge in [-0.2, -0.15) is 0 Å². The van der Waals surface area contributed by atoms with Crippen LogP contribution in [0.1, 0.15) is 24.5 Å². The topological polar surface area (TPSA) is 29.5 Å². The van der Waals surface area contributed by atoms with Crippen LogP contribution in [0.25, 0.3) is 0 Å². The number of amides is 1. The molecule has 1 amide bonds. The van der Waals surface area contributed by atoms with E-state index in [4.69, 9.17) is 4.74 Å². The largest absolute Gasteiger partial charge is 0.375 e. The fraction of sp³-hybridized carbons (Fsp3) is 0.500. The van der Waals surface area contributed by atoms with Gasteiger partial charge in [-0.1, -0.05) is 36.8 Å². The van der Waals surface area contributed by atoms with Gasteiger partial charge in [-0.15, -0.1) is 0 Å². The van der Waals surface area contributed by atoms with Gasteiger partial charge in [0.15, 0.2) is 0 Å². The third kappa shape index (κ3) is 4.57. The highest BCUT2D eigenvalue weighted by molar-refractivity contribution is 5.77. The Kier molecular flexibility index (Phi) is 5.70. The summed E-state index contributed by atoms with van der Waals surface area (Å²) in [5.41, 5.74) is 2.40. The highest BCUT2D eigenvalue weighted by atomic mass is 16.5. The molecule has 0 heterocycles. The van der Waals surface area contributed by atoms with Crippen molar-refractivity contribution in [2.75, 3.05) is 20.3 Å². The van der Waals surface area contributed by atoms with Gasteiger partial charge < -0.3 is 9.64 Å². The molecule has 0 spiro atoms. The smallest absolute Gasteiger partial charge is 0.248 e. The second-order valence-corrected chi connectivity index (χ2v) is 4.23. The first-order valence-electron chi connectivity index (χ1n) is 5.99. The molecule has 0 saturated carbocycles. The molecule has 0 aromatic heterocycles. The van der Waals surface area contributed by atoms with Crippen LogP contribution in [-0.4, -0.2) is 31.1 Å². The Morgan fingerprint density at radius 2 is 1.94 bits per heavy atom. The monoisotopic (exact) mass is 235 g/mol. The maximum absolute atomic E-state index is 11.8. The van der Waals surface area contributed by atoms with E-state index in [0.717, 1.165) is 18.5 Å². The number of hydrogen-bond acceptors (Lipinski definition) is 2. The summed E-state index contributed by atoms with van der Waals surface area (Å²) < 4.78 is 4.90. The van der Waals surface area contributed by atoms with E-state index >= 15 is 0 Å². The molecule has 0 atom stereocenters. The summed E-state index contributed by atoms with van der Waals surface area (Å²) in [5, 5.41) is 0. The van der Waals surface area contributed by atoms with Crippen LogP contribution in [0.2, 0.25) is 0 Å². The average Bonchev–Trinajstić information content (AvgIpc) is 2.31. The number of benzene rings is 1. The minimum Gasteiger partial charge on any atom is -0.375 e. The van der Waals surface area contributed by atoms with Gasteiger partial charge in [0.2, 0.25) is 5.91 Å². The van der Waals surface area contributed by atoms with E-state index in [1.165, 1.54) is 5.56 Å². The van der Waals surface area contributed by atoms with Crippen molar-refractivity contribution >= 4 is 5.91 Å². The third-order valence-corrected chi connectivity index (χ3v) is 2.61. The Balaban J connectivity index is 2.65. The van der Waals surface area contributed by atoms with E-state index in [-0.39, 0.29) is 12.5 Å². The van der Waals surface area contributed by atoms with Crippen LogP contribution in [0.15, 0.2) is 24.3 Å². The van der Waals surface area contributed by atoms with Gasteiger partial charge >= 0.3 is 0 Å². The first-order chi connectivity index (χ1) is 8.17. The maximum atomic E-state index is 11.8. The predicted molar refractivity (Wildman–Crippen MR) is 68.8 cm³/mol. The normalized spacial score (nSPS) is 10.3. The van der Waals surface area contributed by atoms with Crippen molar-refractivity contribution in [1.82, 2.24) is 4.90 Å². The lowest BCUT2D eigenvalue weighted by molar-refractivity contribution is -0.135. The number of carbonyl (C=O) groups is 1. The Morgan fingerprint density at radius 3 is 2.47 bits per heavy atom. The molecule has 0 aliphatic rings. The molecule has 0 saturated heterocycles. The quantitative estimate of drug-likeness (QED) is 0.757. The van der Waals surface area contributed by atoms with Crippen molar-refractivity contribution in [2.45, 2.75) is 26.8 Å². The summed E-state index contributed by atoms with van der Waals surface area (Å²) in [5.74, 6) is 0.0509. The molecule has 0 fully saturated rings. The third-order valence-electron chi connectivity index (χ3n) is 2.61. The van der Waals surface area contributed by atoms with Crippen LogP contribution in [0.5, 0.6) is 0 Å². The molecule has 3 heteroatoms. The number of carbonyl (C=O) groups excluding carboxylic acids is 1. The van der Waals surface area contributed by atoms with E-state index in [9.17, 15) is 4.79 Å². The predicted octanol–water partition coefficient (Wildman–Crippen LogP) is 2.38. The minimum absolute atomic E-state index is 0.0509. The number of rotatable bonds is 6. The SMILES string of the molecule is CCCN(Cc1ccc(C)cc1)C(=O)COC. The van der Waals surface area contributed by atoms with Crippen LogP contribution < -0.4 is 0 Å². The average molecular weight is 235 g/mol. The molecule has 0 aliphatic heterocycles. The number of hydrogen-bond donors (Lipinski definition) is 0. The lowest BCUT2D eigenvalue weighted by Crippen LogP contribution is -2.33. The Morgan fingerprint density at radius 1 is 1.29 bits per heavy atom. The van der Waals surface area contributed by atoms with E-state index in [1.54, 1.807) is 7.11 Å². The second kappa shape index (κ2) is 7.07. The molecule has 1 aromatic rings. The van der Waals surface area contributed by atoms with Gasteiger partial charge in [-0.3, -0.25) is 4.79 Å². The molecular formula is C14H21NO2. The molecule has 1 rings (SSSR count). The van der Waals surface area contributed by atoms with E-state index in [2.05, 4.69) is 38.1 Å². The summed E-state index contributed by atoms with van der Waals surface area (Å²) in [6, 6.07) is 8.27. The first kappa shape index (κ1) is 13.7. The zero-order valence-electron chi connectivity index (χ0n) is 10.9. The van der Waals surface area contributed by atoms with Crippen molar-refractivity contribution in [3.8, 4) is 0 Å². The maximum Gasteiger partial charge on any atom is 0.248 e. The molecular weight excluding hydrogens is 214 g/mol. The van der Waals surface area contributed by atoms with Crippen LogP contribution in [-0.2, 0) is 16.1 Å². The van der Waals surface area contributed by atoms with Gasteiger partial charge in [0.1, 0.15) is 6.61 Å². The Bertz CT molecular complexity index is 346. The molecule has 94 valence electrons. The molecule has 0 aliphatic carbocycles. The molecule has 1 aromatic carbocycles. The number of methoxy groups -OCH3 is 1.